The second kappa shape index (κ2) is 5.52. The molecule has 1 fully saturated rings. The van der Waals surface area contributed by atoms with Gasteiger partial charge in [-0.25, -0.2) is 4.79 Å². The van der Waals surface area contributed by atoms with Crippen LogP contribution < -0.4 is 5.32 Å². The standard InChI is InChI=1S/C11H16N4O3/c1-9(7-15-4-2-3-12-15)13-10(16)8-14-5-6-18-11(14)17/h2-4,9H,5-8H2,1H3,(H,13,16). The van der Waals surface area contributed by atoms with E-state index in [-0.39, 0.29) is 18.5 Å². The summed E-state index contributed by atoms with van der Waals surface area (Å²) in [5, 5.41) is 6.88. The van der Waals surface area contributed by atoms with Gasteiger partial charge in [0, 0.05) is 18.4 Å². The SMILES string of the molecule is CC(Cn1cccn1)NC(=O)CN1CCOC1=O. The Kier molecular flexibility index (Phi) is 3.81. The van der Waals surface area contributed by atoms with Gasteiger partial charge in [-0.1, -0.05) is 0 Å². The molecule has 0 saturated carbocycles. The predicted molar refractivity (Wildman–Crippen MR) is 62.8 cm³/mol. The van der Waals surface area contributed by atoms with Crippen LogP contribution in [0.5, 0.6) is 0 Å². The summed E-state index contributed by atoms with van der Waals surface area (Å²) < 4.78 is 6.49. The number of ether oxygens (including phenoxy) is 1. The molecule has 7 heteroatoms. The van der Waals surface area contributed by atoms with Gasteiger partial charge in [0.1, 0.15) is 13.2 Å². The third kappa shape index (κ3) is 3.22. The van der Waals surface area contributed by atoms with Gasteiger partial charge in [-0.05, 0) is 13.0 Å². The van der Waals surface area contributed by atoms with E-state index in [1.165, 1.54) is 4.90 Å². The Bertz CT molecular complexity index is 418. The second-order valence-electron chi connectivity index (χ2n) is 4.23. The Hall–Kier alpha value is -2.05. The minimum Gasteiger partial charge on any atom is -0.448 e. The maximum Gasteiger partial charge on any atom is 0.410 e. The molecule has 1 atom stereocenters. The zero-order valence-electron chi connectivity index (χ0n) is 10.2. The van der Waals surface area contributed by atoms with E-state index in [1.807, 2.05) is 19.2 Å². The van der Waals surface area contributed by atoms with E-state index in [2.05, 4.69) is 10.4 Å². The van der Waals surface area contributed by atoms with Crippen molar-refractivity contribution in [2.45, 2.75) is 19.5 Å². The largest absolute Gasteiger partial charge is 0.448 e. The van der Waals surface area contributed by atoms with Gasteiger partial charge in [0.05, 0.1) is 13.1 Å². The van der Waals surface area contributed by atoms with E-state index < -0.39 is 6.09 Å². The normalized spacial score (nSPS) is 16.5. The van der Waals surface area contributed by atoms with Gasteiger partial charge < -0.3 is 10.1 Å². The molecule has 0 aliphatic carbocycles. The lowest BCUT2D eigenvalue weighted by Gasteiger charge is -2.16. The van der Waals surface area contributed by atoms with Crippen LogP contribution in [0.3, 0.4) is 0 Å². The topological polar surface area (TPSA) is 76.5 Å². The lowest BCUT2D eigenvalue weighted by Crippen LogP contribution is -2.42. The molecule has 1 N–H and O–H groups in total. The highest BCUT2D eigenvalue weighted by atomic mass is 16.6. The monoisotopic (exact) mass is 252 g/mol. The summed E-state index contributed by atoms with van der Waals surface area (Å²) in [6.07, 6.45) is 3.10. The summed E-state index contributed by atoms with van der Waals surface area (Å²) in [5.74, 6) is -0.187. The van der Waals surface area contributed by atoms with Crippen molar-refractivity contribution in [3.05, 3.63) is 18.5 Å². The molecule has 1 aromatic rings. The highest BCUT2D eigenvalue weighted by Gasteiger charge is 2.24. The van der Waals surface area contributed by atoms with Crippen LogP contribution in [0.1, 0.15) is 6.92 Å². The van der Waals surface area contributed by atoms with E-state index in [1.54, 1.807) is 10.9 Å². The molecule has 2 rings (SSSR count). The van der Waals surface area contributed by atoms with Crippen molar-refractivity contribution in [3.63, 3.8) is 0 Å². The number of nitrogens with one attached hydrogen (secondary N) is 1. The molecule has 1 aliphatic rings. The summed E-state index contributed by atoms with van der Waals surface area (Å²) in [4.78, 5) is 24.2. The first-order chi connectivity index (χ1) is 8.65. The maximum atomic E-state index is 11.7. The zero-order valence-corrected chi connectivity index (χ0v) is 10.2. The first kappa shape index (κ1) is 12.4. The number of carbonyl (C=O) groups excluding carboxylic acids is 2. The quantitative estimate of drug-likeness (QED) is 0.790. The van der Waals surface area contributed by atoms with E-state index in [0.29, 0.717) is 19.7 Å². The second-order valence-corrected chi connectivity index (χ2v) is 4.23. The summed E-state index contributed by atoms with van der Waals surface area (Å²) in [5.41, 5.74) is 0. The summed E-state index contributed by atoms with van der Waals surface area (Å²) in [6, 6.07) is 1.78. The van der Waals surface area contributed by atoms with Crippen LogP contribution in [0.15, 0.2) is 18.5 Å². The van der Waals surface area contributed by atoms with Crippen molar-refractivity contribution < 1.29 is 14.3 Å². The lowest BCUT2D eigenvalue weighted by molar-refractivity contribution is -0.122. The summed E-state index contributed by atoms with van der Waals surface area (Å²) in [7, 11) is 0. The minimum absolute atomic E-state index is 0.0439. The van der Waals surface area contributed by atoms with E-state index >= 15 is 0 Å². The van der Waals surface area contributed by atoms with Crippen molar-refractivity contribution >= 4 is 12.0 Å². The number of aromatic nitrogens is 2. The molecule has 0 spiro atoms. The number of hydrogen-bond acceptors (Lipinski definition) is 4. The van der Waals surface area contributed by atoms with Gasteiger partial charge in [-0.15, -0.1) is 0 Å². The van der Waals surface area contributed by atoms with E-state index in [9.17, 15) is 9.59 Å². The molecule has 2 heterocycles. The fourth-order valence-corrected chi connectivity index (χ4v) is 1.80. The minimum atomic E-state index is -0.426. The first-order valence-corrected chi connectivity index (χ1v) is 5.83. The molecule has 0 bridgehead atoms. The van der Waals surface area contributed by atoms with Crippen molar-refractivity contribution in [2.24, 2.45) is 0 Å². The molecule has 98 valence electrons. The lowest BCUT2D eigenvalue weighted by atomic mass is 10.3. The summed E-state index contributed by atoms with van der Waals surface area (Å²) in [6.45, 7) is 3.36. The Labute approximate surface area is 105 Å². The Balaban J connectivity index is 1.75. The van der Waals surface area contributed by atoms with Crippen LogP contribution in [0.4, 0.5) is 4.79 Å². The van der Waals surface area contributed by atoms with Crippen LogP contribution in [0.2, 0.25) is 0 Å². The number of hydrogen-bond donors (Lipinski definition) is 1. The number of rotatable bonds is 5. The van der Waals surface area contributed by atoms with Gasteiger partial charge in [-0.3, -0.25) is 14.4 Å². The smallest absolute Gasteiger partial charge is 0.410 e. The Morgan fingerprint density at radius 2 is 2.50 bits per heavy atom. The van der Waals surface area contributed by atoms with Crippen LogP contribution >= 0.6 is 0 Å². The molecule has 18 heavy (non-hydrogen) atoms. The Morgan fingerprint density at radius 3 is 3.11 bits per heavy atom. The van der Waals surface area contributed by atoms with Crippen LogP contribution in [-0.2, 0) is 16.1 Å². The zero-order chi connectivity index (χ0) is 13.0. The molecule has 1 aliphatic heterocycles. The molecule has 2 amide bonds. The summed E-state index contributed by atoms with van der Waals surface area (Å²) >= 11 is 0. The van der Waals surface area contributed by atoms with Gasteiger partial charge >= 0.3 is 6.09 Å². The molecule has 0 radical (unpaired) electrons. The first-order valence-electron chi connectivity index (χ1n) is 5.83. The predicted octanol–water partition coefficient (Wildman–Crippen LogP) is -0.160. The molecule has 1 saturated heterocycles. The number of carbonyl (C=O) groups is 2. The maximum absolute atomic E-state index is 11.7. The van der Waals surface area contributed by atoms with Crippen molar-refractivity contribution in [3.8, 4) is 0 Å². The van der Waals surface area contributed by atoms with Crippen molar-refractivity contribution in [1.29, 1.82) is 0 Å². The third-order valence-corrected chi connectivity index (χ3v) is 2.61. The fourth-order valence-electron chi connectivity index (χ4n) is 1.80. The van der Waals surface area contributed by atoms with Gasteiger partial charge in [0.15, 0.2) is 0 Å². The van der Waals surface area contributed by atoms with Gasteiger partial charge in [-0.2, -0.15) is 5.10 Å². The average Bonchev–Trinajstić information content (AvgIpc) is 2.91. The van der Waals surface area contributed by atoms with Gasteiger partial charge in [0.2, 0.25) is 5.91 Å². The third-order valence-electron chi connectivity index (χ3n) is 2.61. The van der Waals surface area contributed by atoms with Crippen LogP contribution in [0, 0.1) is 0 Å². The van der Waals surface area contributed by atoms with Crippen LogP contribution in [-0.4, -0.2) is 52.4 Å². The molecule has 7 nitrogen and oxygen atoms in total. The number of cyclic esters (lactones) is 1. The molecule has 1 unspecified atom stereocenters. The molecule has 0 aromatic carbocycles. The number of nitrogens with zero attached hydrogens (tertiary/aromatic N) is 3. The van der Waals surface area contributed by atoms with Crippen LogP contribution in [0.25, 0.3) is 0 Å². The van der Waals surface area contributed by atoms with Crippen molar-refractivity contribution in [1.82, 2.24) is 20.0 Å². The molecule has 1 aromatic heterocycles. The molecular formula is C11H16N4O3. The average molecular weight is 252 g/mol. The van der Waals surface area contributed by atoms with Crippen molar-refractivity contribution in [2.75, 3.05) is 19.7 Å². The highest BCUT2D eigenvalue weighted by Crippen LogP contribution is 2.02. The highest BCUT2D eigenvalue weighted by molar-refractivity contribution is 5.82. The molecular weight excluding hydrogens is 236 g/mol. The van der Waals surface area contributed by atoms with E-state index in [0.717, 1.165) is 0 Å². The Morgan fingerprint density at radius 1 is 1.67 bits per heavy atom. The van der Waals surface area contributed by atoms with Gasteiger partial charge in [0.25, 0.3) is 0 Å². The number of amides is 2. The fraction of sp³-hybridized carbons (Fsp3) is 0.545. The van der Waals surface area contributed by atoms with E-state index in [4.69, 9.17) is 4.74 Å².